The van der Waals surface area contributed by atoms with Gasteiger partial charge in [-0.25, -0.2) is 0 Å². The van der Waals surface area contributed by atoms with E-state index >= 15 is 0 Å². The number of ether oxygens (including phenoxy) is 2. The maximum Gasteiger partial charge on any atom is 0.246 e. The molecule has 0 heterocycles. The normalized spacial score (nSPS) is 12.2. The van der Waals surface area contributed by atoms with E-state index in [-0.39, 0.29) is 24.0 Å². The molecular weight excluding hydrogens is 284 g/mol. The molecule has 130 valence electrons. The van der Waals surface area contributed by atoms with Crippen molar-refractivity contribution in [2.45, 2.75) is 71.5 Å². The third-order valence-corrected chi connectivity index (χ3v) is 2.87. The van der Waals surface area contributed by atoms with Gasteiger partial charge in [0.1, 0.15) is 6.61 Å². The Balaban J connectivity index is 3.73. The lowest BCUT2D eigenvalue weighted by molar-refractivity contribution is -0.141. The molecule has 2 amide bonds. The number of rotatable bonds is 11. The SMILES string of the molecule is CC(C)(C)OCC(C)(C)OCC(=O)NCCCCCC(N)=O. The Morgan fingerprint density at radius 2 is 1.64 bits per heavy atom. The first kappa shape index (κ1) is 20.9. The Bertz CT molecular complexity index is 349. The second kappa shape index (κ2) is 9.79. The highest BCUT2D eigenvalue weighted by Crippen LogP contribution is 2.15. The highest BCUT2D eigenvalue weighted by Gasteiger charge is 2.23. The zero-order valence-electron chi connectivity index (χ0n) is 14.7. The Kier molecular flexibility index (Phi) is 9.28. The molecule has 0 aliphatic rings. The lowest BCUT2D eigenvalue weighted by Gasteiger charge is -2.29. The quantitative estimate of drug-likeness (QED) is 0.568. The summed E-state index contributed by atoms with van der Waals surface area (Å²) in [5, 5.41) is 2.79. The van der Waals surface area contributed by atoms with Gasteiger partial charge in [0.15, 0.2) is 0 Å². The molecule has 0 radical (unpaired) electrons. The highest BCUT2D eigenvalue weighted by molar-refractivity contribution is 5.77. The smallest absolute Gasteiger partial charge is 0.246 e. The van der Waals surface area contributed by atoms with Crippen LogP contribution in [0.3, 0.4) is 0 Å². The van der Waals surface area contributed by atoms with E-state index in [0.717, 1.165) is 19.3 Å². The van der Waals surface area contributed by atoms with Gasteiger partial charge in [-0.3, -0.25) is 9.59 Å². The van der Waals surface area contributed by atoms with E-state index in [9.17, 15) is 9.59 Å². The Hall–Kier alpha value is -1.14. The Morgan fingerprint density at radius 3 is 2.18 bits per heavy atom. The van der Waals surface area contributed by atoms with Crippen molar-refractivity contribution in [3.05, 3.63) is 0 Å². The average molecular weight is 316 g/mol. The van der Waals surface area contributed by atoms with Crippen molar-refractivity contribution in [1.82, 2.24) is 5.32 Å². The summed E-state index contributed by atoms with van der Waals surface area (Å²) in [6.45, 7) is 10.8. The molecular formula is C16H32N2O4. The van der Waals surface area contributed by atoms with E-state index in [1.54, 1.807) is 0 Å². The zero-order chi connectivity index (χ0) is 17.2. The molecule has 0 rings (SSSR count). The molecule has 6 nitrogen and oxygen atoms in total. The number of hydrogen-bond acceptors (Lipinski definition) is 4. The molecule has 0 bridgehead atoms. The molecule has 22 heavy (non-hydrogen) atoms. The van der Waals surface area contributed by atoms with E-state index in [0.29, 0.717) is 19.6 Å². The maximum atomic E-state index is 11.7. The largest absolute Gasteiger partial charge is 0.373 e. The van der Waals surface area contributed by atoms with E-state index in [2.05, 4.69) is 5.32 Å². The summed E-state index contributed by atoms with van der Waals surface area (Å²) in [4.78, 5) is 22.2. The van der Waals surface area contributed by atoms with Gasteiger partial charge in [0, 0.05) is 13.0 Å². The molecule has 0 fully saturated rings. The van der Waals surface area contributed by atoms with Crippen molar-refractivity contribution in [1.29, 1.82) is 0 Å². The van der Waals surface area contributed by atoms with Crippen LogP contribution in [0.2, 0.25) is 0 Å². The van der Waals surface area contributed by atoms with Crippen LogP contribution in [0, 0.1) is 0 Å². The molecule has 0 spiro atoms. The molecule has 0 atom stereocenters. The predicted octanol–water partition coefficient (Wildman–Crippen LogP) is 1.76. The van der Waals surface area contributed by atoms with Gasteiger partial charge in [-0.1, -0.05) is 6.42 Å². The van der Waals surface area contributed by atoms with E-state index in [1.807, 2.05) is 34.6 Å². The predicted molar refractivity (Wildman–Crippen MR) is 86.4 cm³/mol. The molecule has 0 aromatic rings. The summed E-state index contributed by atoms with van der Waals surface area (Å²) >= 11 is 0. The second-order valence-electron chi connectivity index (χ2n) is 7.08. The van der Waals surface area contributed by atoms with E-state index in [1.165, 1.54) is 0 Å². The van der Waals surface area contributed by atoms with Crippen molar-refractivity contribution >= 4 is 11.8 Å². The molecule has 3 N–H and O–H groups in total. The van der Waals surface area contributed by atoms with E-state index in [4.69, 9.17) is 15.2 Å². The van der Waals surface area contributed by atoms with Crippen molar-refractivity contribution in [3.8, 4) is 0 Å². The summed E-state index contributed by atoms with van der Waals surface area (Å²) in [5.74, 6) is -0.420. The van der Waals surface area contributed by atoms with Gasteiger partial charge in [0.25, 0.3) is 0 Å². The van der Waals surface area contributed by atoms with Crippen molar-refractivity contribution < 1.29 is 19.1 Å². The van der Waals surface area contributed by atoms with Crippen molar-refractivity contribution in [2.75, 3.05) is 19.8 Å². The van der Waals surface area contributed by atoms with Gasteiger partial charge in [0.2, 0.25) is 11.8 Å². The van der Waals surface area contributed by atoms with Crippen LogP contribution in [0.25, 0.3) is 0 Å². The minimum atomic E-state index is -0.508. The number of nitrogens with one attached hydrogen (secondary N) is 1. The summed E-state index contributed by atoms with van der Waals surface area (Å²) in [6, 6.07) is 0. The summed E-state index contributed by atoms with van der Waals surface area (Å²) in [7, 11) is 0. The molecule has 0 saturated carbocycles. The first-order valence-corrected chi connectivity index (χ1v) is 7.85. The highest BCUT2D eigenvalue weighted by atomic mass is 16.6. The standard InChI is InChI=1S/C16H32N2O4/c1-15(2,3)22-12-16(4,5)21-11-14(20)18-10-8-6-7-9-13(17)19/h6-12H2,1-5H3,(H2,17,19)(H,18,20). The summed E-state index contributed by atoms with van der Waals surface area (Å²) in [5.41, 5.74) is 4.32. The minimum Gasteiger partial charge on any atom is -0.373 e. The number of hydrogen-bond donors (Lipinski definition) is 2. The van der Waals surface area contributed by atoms with Crippen LogP contribution in [-0.2, 0) is 19.1 Å². The molecule has 0 aromatic heterocycles. The summed E-state index contributed by atoms with van der Waals surface area (Å²) in [6.07, 6.45) is 2.86. The van der Waals surface area contributed by atoms with Crippen LogP contribution in [0.15, 0.2) is 0 Å². The lowest BCUT2D eigenvalue weighted by atomic mass is 10.1. The molecule has 6 heteroatoms. The molecule has 0 unspecified atom stereocenters. The minimum absolute atomic E-state index is 0.0157. The molecule has 0 aromatic carbocycles. The van der Waals surface area contributed by atoms with Gasteiger partial charge in [-0.05, 0) is 47.5 Å². The number of amides is 2. The topological polar surface area (TPSA) is 90.7 Å². The number of carbonyl (C=O) groups is 2. The first-order valence-electron chi connectivity index (χ1n) is 7.85. The fourth-order valence-electron chi connectivity index (χ4n) is 1.57. The van der Waals surface area contributed by atoms with Gasteiger partial charge in [-0.2, -0.15) is 0 Å². The average Bonchev–Trinajstić information content (AvgIpc) is 2.37. The van der Waals surface area contributed by atoms with Gasteiger partial charge in [-0.15, -0.1) is 0 Å². The fraction of sp³-hybridized carbons (Fsp3) is 0.875. The zero-order valence-corrected chi connectivity index (χ0v) is 14.7. The first-order chi connectivity index (χ1) is 10.0. The fourth-order valence-corrected chi connectivity index (χ4v) is 1.57. The van der Waals surface area contributed by atoms with Crippen molar-refractivity contribution in [2.24, 2.45) is 5.73 Å². The Labute approximate surface area is 134 Å². The lowest BCUT2D eigenvalue weighted by Crippen LogP contribution is -2.39. The molecule has 0 aliphatic carbocycles. The van der Waals surface area contributed by atoms with Crippen LogP contribution in [-0.4, -0.2) is 42.8 Å². The molecule has 0 aliphatic heterocycles. The maximum absolute atomic E-state index is 11.7. The monoisotopic (exact) mass is 316 g/mol. The second-order valence-corrected chi connectivity index (χ2v) is 7.08. The number of nitrogens with two attached hydrogens (primary N) is 1. The van der Waals surface area contributed by atoms with Gasteiger partial charge < -0.3 is 20.5 Å². The number of primary amides is 1. The third kappa shape index (κ3) is 13.8. The van der Waals surface area contributed by atoms with Crippen molar-refractivity contribution in [3.63, 3.8) is 0 Å². The van der Waals surface area contributed by atoms with Gasteiger partial charge in [0.05, 0.1) is 17.8 Å². The number of carbonyl (C=O) groups excluding carboxylic acids is 2. The van der Waals surface area contributed by atoms with E-state index < -0.39 is 5.60 Å². The Morgan fingerprint density at radius 1 is 1.00 bits per heavy atom. The number of unbranched alkanes of at least 4 members (excludes halogenated alkanes) is 2. The van der Waals surface area contributed by atoms with Crippen LogP contribution in [0.1, 0.15) is 60.3 Å². The van der Waals surface area contributed by atoms with Crippen LogP contribution >= 0.6 is 0 Å². The van der Waals surface area contributed by atoms with Crippen LogP contribution in [0.4, 0.5) is 0 Å². The van der Waals surface area contributed by atoms with Crippen LogP contribution in [0.5, 0.6) is 0 Å². The van der Waals surface area contributed by atoms with Gasteiger partial charge >= 0.3 is 0 Å². The third-order valence-electron chi connectivity index (χ3n) is 2.87. The molecule has 0 saturated heterocycles. The summed E-state index contributed by atoms with van der Waals surface area (Å²) < 4.78 is 11.3. The van der Waals surface area contributed by atoms with Crippen LogP contribution < -0.4 is 11.1 Å².